The van der Waals surface area contributed by atoms with Crippen molar-refractivity contribution in [3.8, 4) is 22.8 Å². The number of hydrogen-bond donors (Lipinski definition) is 1. The van der Waals surface area contributed by atoms with E-state index in [4.69, 9.17) is 4.74 Å². The molecule has 234 valence electrons. The van der Waals surface area contributed by atoms with Gasteiger partial charge in [-0.05, 0) is 73.1 Å². The van der Waals surface area contributed by atoms with Crippen molar-refractivity contribution in [1.29, 1.82) is 0 Å². The van der Waals surface area contributed by atoms with Crippen LogP contribution in [0.2, 0.25) is 0 Å². The molecule has 6 rings (SSSR count). The molecule has 4 aromatic rings. The average molecular weight is 623 g/mol. The lowest BCUT2D eigenvalue weighted by molar-refractivity contribution is -0.143. The summed E-state index contributed by atoms with van der Waals surface area (Å²) in [5, 5.41) is 12.9. The highest BCUT2D eigenvalue weighted by molar-refractivity contribution is 5.89. The minimum Gasteiger partial charge on any atom is -0.488 e. The maximum absolute atomic E-state index is 14.3. The molecule has 0 bridgehead atoms. The number of carbonyl (C=O) groups is 2. The standard InChI is InChI=1S/C33H30F4N4O4/c34-24-11-12-28(25(17-24)27-5-2-6-29(39-27)41-30(33(35,36)37)26(18-38-41)32(43)44)45-19-20-7-9-21(10-8-20)22-13-15-40(16-14-22)31(42)23-3-1-4-23/h2,5-12,17-18,22-23H,1,3-4,13-16,19H2,(H,43,44). The van der Waals surface area contributed by atoms with Crippen molar-refractivity contribution < 1.29 is 37.0 Å². The Hall–Kier alpha value is -4.74. The molecule has 1 amide bonds. The Kier molecular flexibility index (Phi) is 8.30. The van der Waals surface area contributed by atoms with Gasteiger partial charge in [-0.2, -0.15) is 18.3 Å². The zero-order valence-electron chi connectivity index (χ0n) is 24.1. The van der Waals surface area contributed by atoms with Crippen LogP contribution in [0.4, 0.5) is 17.6 Å². The summed E-state index contributed by atoms with van der Waals surface area (Å²) in [6.07, 6.45) is 0.588. The molecule has 1 aliphatic heterocycles. The van der Waals surface area contributed by atoms with Gasteiger partial charge in [0.1, 0.15) is 23.7 Å². The van der Waals surface area contributed by atoms with Gasteiger partial charge in [0.25, 0.3) is 0 Å². The Morgan fingerprint density at radius 3 is 2.36 bits per heavy atom. The molecule has 1 N–H and O–H groups in total. The van der Waals surface area contributed by atoms with Crippen molar-refractivity contribution >= 4 is 11.9 Å². The number of pyridine rings is 1. The molecule has 3 heterocycles. The average Bonchev–Trinajstić information content (AvgIpc) is 3.47. The number of rotatable bonds is 8. The fourth-order valence-corrected chi connectivity index (χ4v) is 5.86. The largest absolute Gasteiger partial charge is 0.488 e. The summed E-state index contributed by atoms with van der Waals surface area (Å²) in [4.78, 5) is 30.2. The van der Waals surface area contributed by atoms with E-state index in [1.165, 1.54) is 42.0 Å². The van der Waals surface area contributed by atoms with Crippen LogP contribution in [-0.4, -0.2) is 49.7 Å². The molecule has 2 aliphatic rings. The third kappa shape index (κ3) is 6.40. The maximum Gasteiger partial charge on any atom is 0.434 e. The van der Waals surface area contributed by atoms with Gasteiger partial charge in [0.2, 0.25) is 5.91 Å². The molecule has 0 radical (unpaired) electrons. The molecular formula is C33H30F4N4O4. The number of alkyl halides is 3. The normalized spacial score (nSPS) is 16.0. The van der Waals surface area contributed by atoms with E-state index in [2.05, 4.69) is 22.2 Å². The molecule has 0 unspecified atom stereocenters. The highest BCUT2D eigenvalue weighted by Gasteiger charge is 2.41. The first kappa shape index (κ1) is 30.3. The summed E-state index contributed by atoms with van der Waals surface area (Å²) < 4.78 is 62.1. The van der Waals surface area contributed by atoms with Crippen molar-refractivity contribution in [3.05, 3.63) is 95.1 Å². The fraction of sp³-hybridized carbons (Fsp3) is 0.333. The minimum atomic E-state index is -5.02. The number of aromatic carboxylic acids is 1. The second-order valence-corrected chi connectivity index (χ2v) is 11.4. The van der Waals surface area contributed by atoms with Crippen molar-refractivity contribution in [1.82, 2.24) is 19.7 Å². The molecule has 2 aromatic carbocycles. The van der Waals surface area contributed by atoms with Gasteiger partial charge in [-0.15, -0.1) is 0 Å². The molecule has 2 fully saturated rings. The van der Waals surface area contributed by atoms with Crippen molar-refractivity contribution in [3.63, 3.8) is 0 Å². The second kappa shape index (κ2) is 12.3. The van der Waals surface area contributed by atoms with Crippen LogP contribution in [0, 0.1) is 11.7 Å². The molecule has 8 nitrogen and oxygen atoms in total. The van der Waals surface area contributed by atoms with Crippen LogP contribution in [0.15, 0.2) is 66.9 Å². The number of aromatic nitrogens is 3. The third-order valence-electron chi connectivity index (χ3n) is 8.54. The van der Waals surface area contributed by atoms with E-state index < -0.39 is 29.2 Å². The maximum atomic E-state index is 14.3. The number of carboxylic acid groups (broad SMARTS) is 1. The van der Waals surface area contributed by atoms with Crippen LogP contribution in [0.1, 0.15) is 65.2 Å². The van der Waals surface area contributed by atoms with E-state index in [0.717, 1.165) is 50.8 Å². The van der Waals surface area contributed by atoms with Crippen LogP contribution in [0.5, 0.6) is 5.75 Å². The molecule has 1 saturated heterocycles. The monoisotopic (exact) mass is 622 g/mol. The van der Waals surface area contributed by atoms with Gasteiger partial charge in [0, 0.05) is 24.6 Å². The lowest BCUT2D eigenvalue weighted by atomic mass is 9.83. The molecular weight excluding hydrogens is 592 g/mol. The van der Waals surface area contributed by atoms with Crippen molar-refractivity contribution in [2.24, 2.45) is 5.92 Å². The van der Waals surface area contributed by atoms with Gasteiger partial charge < -0.3 is 14.7 Å². The molecule has 1 saturated carbocycles. The van der Waals surface area contributed by atoms with E-state index in [1.807, 2.05) is 17.0 Å². The summed E-state index contributed by atoms with van der Waals surface area (Å²) in [6.45, 7) is 1.68. The molecule has 2 aromatic heterocycles. The van der Waals surface area contributed by atoms with Crippen molar-refractivity contribution in [2.75, 3.05) is 13.1 Å². The number of piperidine rings is 1. The number of hydrogen-bond acceptors (Lipinski definition) is 5. The second-order valence-electron chi connectivity index (χ2n) is 11.4. The molecule has 45 heavy (non-hydrogen) atoms. The lowest BCUT2D eigenvalue weighted by Gasteiger charge is -2.36. The lowest BCUT2D eigenvalue weighted by Crippen LogP contribution is -2.43. The Bertz CT molecular complexity index is 1710. The smallest absolute Gasteiger partial charge is 0.434 e. The van der Waals surface area contributed by atoms with E-state index in [9.17, 15) is 32.3 Å². The highest BCUT2D eigenvalue weighted by Crippen LogP contribution is 2.36. The van der Waals surface area contributed by atoms with E-state index >= 15 is 0 Å². The molecule has 12 heteroatoms. The van der Waals surface area contributed by atoms with E-state index in [-0.39, 0.29) is 35.3 Å². The van der Waals surface area contributed by atoms with Gasteiger partial charge in [0.15, 0.2) is 11.5 Å². The van der Waals surface area contributed by atoms with Crippen LogP contribution in [0.25, 0.3) is 17.1 Å². The number of carbonyl (C=O) groups excluding carboxylic acids is 1. The van der Waals surface area contributed by atoms with Crippen LogP contribution in [0.3, 0.4) is 0 Å². The number of amides is 1. The molecule has 0 spiro atoms. The van der Waals surface area contributed by atoms with Crippen LogP contribution in [-0.2, 0) is 17.6 Å². The summed E-state index contributed by atoms with van der Waals surface area (Å²) in [5.41, 5.74) is -0.121. The topological polar surface area (TPSA) is 97.5 Å². The van der Waals surface area contributed by atoms with Crippen LogP contribution >= 0.6 is 0 Å². The number of carboxylic acids is 1. The number of ether oxygens (including phenoxy) is 1. The van der Waals surface area contributed by atoms with Gasteiger partial charge in [-0.25, -0.2) is 18.9 Å². The zero-order valence-corrected chi connectivity index (χ0v) is 24.1. The SMILES string of the molecule is O=C(O)c1cnn(-c2cccc(-c3cc(F)ccc3OCc3ccc(C4CCN(C(=O)C5CCC5)CC4)cc3)n2)c1C(F)(F)F. The Balaban J connectivity index is 1.16. The van der Waals surface area contributed by atoms with Gasteiger partial charge in [-0.3, -0.25) is 4.79 Å². The summed E-state index contributed by atoms with van der Waals surface area (Å²) in [7, 11) is 0. The quantitative estimate of drug-likeness (QED) is 0.215. The van der Waals surface area contributed by atoms with Crippen molar-refractivity contribution in [2.45, 2.75) is 50.8 Å². The first-order valence-corrected chi connectivity index (χ1v) is 14.7. The first-order valence-electron chi connectivity index (χ1n) is 14.7. The fourth-order valence-electron chi connectivity index (χ4n) is 5.86. The number of halogens is 4. The first-order chi connectivity index (χ1) is 21.6. The van der Waals surface area contributed by atoms with Crippen LogP contribution < -0.4 is 4.74 Å². The molecule has 0 atom stereocenters. The van der Waals surface area contributed by atoms with Gasteiger partial charge in [-0.1, -0.05) is 36.8 Å². The summed E-state index contributed by atoms with van der Waals surface area (Å²) in [5.74, 6) is -1.53. The number of likely N-dealkylation sites (tertiary alicyclic amines) is 1. The Morgan fingerprint density at radius 2 is 1.71 bits per heavy atom. The summed E-state index contributed by atoms with van der Waals surface area (Å²) >= 11 is 0. The number of benzene rings is 2. The predicted molar refractivity (Wildman–Crippen MR) is 155 cm³/mol. The zero-order chi connectivity index (χ0) is 31.7. The minimum absolute atomic E-state index is 0.111. The van der Waals surface area contributed by atoms with E-state index in [1.54, 1.807) is 0 Å². The third-order valence-corrected chi connectivity index (χ3v) is 8.54. The number of nitrogens with zero attached hydrogens (tertiary/aromatic N) is 4. The van der Waals surface area contributed by atoms with E-state index in [0.29, 0.717) is 22.7 Å². The Morgan fingerprint density at radius 1 is 0.978 bits per heavy atom. The molecule has 1 aliphatic carbocycles. The van der Waals surface area contributed by atoms with Gasteiger partial charge >= 0.3 is 12.1 Å². The predicted octanol–water partition coefficient (Wildman–Crippen LogP) is 6.88. The highest BCUT2D eigenvalue weighted by atomic mass is 19.4. The Labute approximate surface area is 256 Å². The summed E-state index contributed by atoms with van der Waals surface area (Å²) in [6, 6.07) is 16.0. The van der Waals surface area contributed by atoms with Gasteiger partial charge in [0.05, 0.1) is 11.9 Å².